The average Bonchev–Trinajstić information content (AvgIpc) is 2.38. The normalized spacial score (nSPS) is 10.5. The maximum Gasteiger partial charge on any atom is 0.0574 e. The Kier molecular flexibility index (Phi) is 4.10. The lowest BCUT2D eigenvalue weighted by Gasteiger charge is -2.12. The van der Waals surface area contributed by atoms with Gasteiger partial charge in [-0.1, -0.05) is 24.3 Å². The second-order valence-corrected chi connectivity index (χ2v) is 5.13. The first kappa shape index (κ1) is 13.5. The highest BCUT2D eigenvalue weighted by Gasteiger charge is 2.02. The third-order valence-electron chi connectivity index (χ3n) is 3.62. The smallest absolute Gasteiger partial charge is 0.0574 e. The minimum Gasteiger partial charge on any atom is -0.397 e. The van der Waals surface area contributed by atoms with Gasteiger partial charge in [0.2, 0.25) is 0 Å². The van der Waals surface area contributed by atoms with E-state index >= 15 is 0 Å². The van der Waals surface area contributed by atoms with Crippen molar-refractivity contribution in [1.29, 1.82) is 0 Å². The number of nitrogens with one attached hydrogen (secondary N) is 1. The molecule has 0 fully saturated rings. The quantitative estimate of drug-likeness (QED) is 0.813. The molecular formula is C17H22N2. The van der Waals surface area contributed by atoms with Crippen LogP contribution in [0, 0.1) is 20.8 Å². The van der Waals surface area contributed by atoms with Crippen molar-refractivity contribution in [3.63, 3.8) is 0 Å². The summed E-state index contributed by atoms with van der Waals surface area (Å²) in [6.45, 7) is 7.41. The average molecular weight is 254 g/mol. The highest BCUT2D eigenvalue weighted by atomic mass is 14.9. The fourth-order valence-corrected chi connectivity index (χ4v) is 2.28. The number of anilines is 2. The molecule has 19 heavy (non-hydrogen) atoms. The molecule has 0 saturated heterocycles. The topological polar surface area (TPSA) is 38.0 Å². The predicted octanol–water partition coefficient (Wildman–Crippen LogP) is 3.85. The van der Waals surface area contributed by atoms with Crippen LogP contribution in [-0.4, -0.2) is 6.54 Å². The molecule has 2 nitrogen and oxygen atoms in total. The van der Waals surface area contributed by atoms with Gasteiger partial charge in [-0.25, -0.2) is 0 Å². The van der Waals surface area contributed by atoms with E-state index in [2.05, 4.69) is 38.2 Å². The molecule has 2 rings (SSSR count). The van der Waals surface area contributed by atoms with Crippen LogP contribution in [0.15, 0.2) is 36.4 Å². The molecule has 3 N–H and O–H groups in total. The lowest BCUT2D eigenvalue weighted by Crippen LogP contribution is -2.08. The van der Waals surface area contributed by atoms with Crippen molar-refractivity contribution < 1.29 is 0 Å². The Balaban J connectivity index is 2.00. The maximum atomic E-state index is 5.91. The summed E-state index contributed by atoms with van der Waals surface area (Å²) in [4.78, 5) is 0. The molecule has 0 aliphatic rings. The van der Waals surface area contributed by atoms with Crippen LogP contribution in [0.25, 0.3) is 0 Å². The predicted molar refractivity (Wildman–Crippen MR) is 83.7 cm³/mol. The van der Waals surface area contributed by atoms with Crippen LogP contribution in [0.3, 0.4) is 0 Å². The lowest BCUT2D eigenvalue weighted by molar-refractivity contribution is 0.999. The summed E-state index contributed by atoms with van der Waals surface area (Å²) in [7, 11) is 0. The first-order chi connectivity index (χ1) is 9.08. The largest absolute Gasteiger partial charge is 0.397 e. The van der Waals surface area contributed by atoms with Gasteiger partial charge in [0.25, 0.3) is 0 Å². The summed E-state index contributed by atoms with van der Waals surface area (Å²) in [5.74, 6) is 0. The summed E-state index contributed by atoms with van der Waals surface area (Å²) in [6, 6.07) is 12.4. The number of hydrogen-bond donors (Lipinski definition) is 2. The van der Waals surface area contributed by atoms with Crippen LogP contribution < -0.4 is 11.1 Å². The molecule has 2 heteroatoms. The van der Waals surface area contributed by atoms with Gasteiger partial charge in [0.1, 0.15) is 0 Å². The molecule has 0 aliphatic carbocycles. The van der Waals surface area contributed by atoms with Crippen LogP contribution in [0.4, 0.5) is 11.4 Å². The Bertz CT molecular complexity index is 573. The minimum atomic E-state index is 0.805. The summed E-state index contributed by atoms with van der Waals surface area (Å²) in [6.07, 6.45) is 1.02. The highest BCUT2D eigenvalue weighted by molar-refractivity contribution is 5.65. The van der Waals surface area contributed by atoms with Gasteiger partial charge < -0.3 is 11.1 Å². The van der Waals surface area contributed by atoms with Gasteiger partial charge in [0, 0.05) is 6.54 Å². The second kappa shape index (κ2) is 5.79. The monoisotopic (exact) mass is 254 g/mol. The number of nitrogens with two attached hydrogens (primary N) is 1. The molecule has 0 radical (unpaired) electrons. The Morgan fingerprint density at radius 3 is 2.37 bits per heavy atom. The number of benzene rings is 2. The Morgan fingerprint density at radius 2 is 1.63 bits per heavy atom. The van der Waals surface area contributed by atoms with Crippen molar-refractivity contribution in [3.8, 4) is 0 Å². The summed E-state index contributed by atoms with van der Waals surface area (Å²) >= 11 is 0. The number of para-hydroxylation sites is 2. The zero-order chi connectivity index (χ0) is 13.8. The van der Waals surface area contributed by atoms with Crippen molar-refractivity contribution in [2.24, 2.45) is 0 Å². The fourth-order valence-electron chi connectivity index (χ4n) is 2.28. The molecule has 0 heterocycles. The first-order valence-electron chi connectivity index (χ1n) is 6.73. The molecule has 0 aromatic heterocycles. The number of rotatable bonds is 4. The van der Waals surface area contributed by atoms with Crippen molar-refractivity contribution in [1.82, 2.24) is 0 Å². The molecule has 0 bridgehead atoms. The Labute approximate surface area is 115 Å². The fraction of sp³-hybridized carbons (Fsp3) is 0.294. The third kappa shape index (κ3) is 3.28. The second-order valence-electron chi connectivity index (χ2n) is 5.13. The van der Waals surface area contributed by atoms with E-state index < -0.39 is 0 Å². The summed E-state index contributed by atoms with van der Waals surface area (Å²) in [5, 5.41) is 3.40. The Hall–Kier alpha value is -1.96. The highest BCUT2D eigenvalue weighted by Crippen LogP contribution is 2.18. The van der Waals surface area contributed by atoms with E-state index in [1.165, 1.54) is 22.3 Å². The molecule has 0 spiro atoms. The van der Waals surface area contributed by atoms with Crippen LogP contribution in [0.5, 0.6) is 0 Å². The van der Waals surface area contributed by atoms with E-state index in [1.54, 1.807) is 0 Å². The van der Waals surface area contributed by atoms with Crippen LogP contribution in [0.2, 0.25) is 0 Å². The summed E-state index contributed by atoms with van der Waals surface area (Å²) in [5.41, 5.74) is 13.2. The number of hydrogen-bond acceptors (Lipinski definition) is 2. The molecular weight excluding hydrogens is 232 g/mol. The summed E-state index contributed by atoms with van der Waals surface area (Å²) < 4.78 is 0. The van der Waals surface area contributed by atoms with Gasteiger partial charge in [-0.15, -0.1) is 0 Å². The van der Waals surface area contributed by atoms with Gasteiger partial charge in [-0.3, -0.25) is 0 Å². The molecule has 2 aromatic carbocycles. The number of nitrogen functional groups attached to an aromatic ring is 1. The van der Waals surface area contributed by atoms with E-state index in [0.29, 0.717) is 0 Å². The van der Waals surface area contributed by atoms with Crippen molar-refractivity contribution in [2.75, 3.05) is 17.6 Å². The van der Waals surface area contributed by atoms with Gasteiger partial charge in [-0.05, 0) is 61.6 Å². The van der Waals surface area contributed by atoms with E-state index in [-0.39, 0.29) is 0 Å². The van der Waals surface area contributed by atoms with E-state index in [9.17, 15) is 0 Å². The van der Waals surface area contributed by atoms with E-state index in [1.807, 2.05) is 24.3 Å². The molecule has 0 amide bonds. The number of aryl methyl sites for hydroxylation is 3. The van der Waals surface area contributed by atoms with Crippen molar-refractivity contribution in [2.45, 2.75) is 27.2 Å². The minimum absolute atomic E-state index is 0.805. The molecule has 0 unspecified atom stereocenters. The first-order valence-corrected chi connectivity index (χ1v) is 6.73. The lowest BCUT2D eigenvalue weighted by atomic mass is 9.99. The van der Waals surface area contributed by atoms with Gasteiger partial charge in [-0.2, -0.15) is 0 Å². The van der Waals surface area contributed by atoms with Gasteiger partial charge in [0.15, 0.2) is 0 Å². The molecule has 0 atom stereocenters. The van der Waals surface area contributed by atoms with Gasteiger partial charge in [0.05, 0.1) is 11.4 Å². The van der Waals surface area contributed by atoms with Crippen LogP contribution in [0.1, 0.15) is 22.3 Å². The zero-order valence-corrected chi connectivity index (χ0v) is 12.0. The molecule has 0 saturated carbocycles. The van der Waals surface area contributed by atoms with Crippen LogP contribution in [-0.2, 0) is 6.42 Å². The van der Waals surface area contributed by atoms with Crippen LogP contribution >= 0.6 is 0 Å². The maximum absolute atomic E-state index is 5.91. The SMILES string of the molecule is Cc1cc(C)c(CCNc2ccccc2N)cc1C. The third-order valence-corrected chi connectivity index (χ3v) is 3.62. The van der Waals surface area contributed by atoms with Gasteiger partial charge >= 0.3 is 0 Å². The van der Waals surface area contributed by atoms with E-state index in [0.717, 1.165) is 24.3 Å². The standard InChI is InChI=1S/C17H22N2/c1-12-10-14(3)15(11-13(12)2)8-9-19-17-7-5-4-6-16(17)18/h4-7,10-11,19H,8-9,18H2,1-3H3. The Morgan fingerprint density at radius 1 is 0.947 bits per heavy atom. The molecule has 2 aromatic rings. The van der Waals surface area contributed by atoms with Crippen molar-refractivity contribution in [3.05, 3.63) is 58.7 Å². The molecule has 100 valence electrons. The zero-order valence-electron chi connectivity index (χ0n) is 12.0. The van der Waals surface area contributed by atoms with E-state index in [4.69, 9.17) is 5.73 Å². The van der Waals surface area contributed by atoms with Crippen molar-refractivity contribution >= 4 is 11.4 Å². The molecule has 0 aliphatic heterocycles.